The summed E-state index contributed by atoms with van der Waals surface area (Å²) in [7, 11) is 0. The van der Waals surface area contributed by atoms with Gasteiger partial charge in [0.2, 0.25) is 11.0 Å². The Morgan fingerprint density at radius 1 is 1.38 bits per heavy atom. The number of thioether (sulfide) groups is 1. The number of rotatable bonds is 8. The fraction of sp³-hybridized carbons (Fsp3) is 0.200. The van der Waals surface area contributed by atoms with Crippen molar-refractivity contribution in [3.63, 3.8) is 0 Å². The molecule has 26 heavy (non-hydrogen) atoms. The fourth-order valence-electron chi connectivity index (χ4n) is 1.92. The van der Waals surface area contributed by atoms with Crippen molar-refractivity contribution in [1.29, 1.82) is 0 Å². The van der Waals surface area contributed by atoms with E-state index in [9.17, 15) is 9.59 Å². The van der Waals surface area contributed by atoms with Crippen LogP contribution in [0.1, 0.15) is 23.0 Å². The van der Waals surface area contributed by atoms with Gasteiger partial charge in [-0.15, -0.1) is 21.5 Å². The van der Waals surface area contributed by atoms with Crippen molar-refractivity contribution in [3.05, 3.63) is 41.2 Å². The van der Waals surface area contributed by atoms with Gasteiger partial charge in [-0.1, -0.05) is 23.1 Å². The molecular formula is C15H15N5O3S3. The Morgan fingerprint density at radius 3 is 2.96 bits per heavy atom. The topological polar surface area (TPSA) is 123 Å². The van der Waals surface area contributed by atoms with E-state index in [1.165, 1.54) is 34.4 Å². The molecule has 3 heterocycles. The van der Waals surface area contributed by atoms with Gasteiger partial charge >= 0.3 is 0 Å². The molecule has 4 N–H and O–H groups in total. The van der Waals surface area contributed by atoms with E-state index in [0.29, 0.717) is 26.6 Å². The van der Waals surface area contributed by atoms with E-state index in [1.807, 2.05) is 12.1 Å². The van der Waals surface area contributed by atoms with Gasteiger partial charge in [0.1, 0.15) is 10.8 Å². The highest BCUT2D eigenvalue weighted by atomic mass is 32.2. The Hall–Kier alpha value is -2.37. The zero-order chi connectivity index (χ0) is 18.5. The first-order chi connectivity index (χ1) is 12.5. The molecule has 0 aliphatic rings. The Kier molecular flexibility index (Phi) is 5.91. The predicted molar refractivity (Wildman–Crippen MR) is 103 cm³/mol. The quantitative estimate of drug-likeness (QED) is 0.489. The maximum absolute atomic E-state index is 12.3. The average molecular weight is 410 g/mol. The molecule has 0 radical (unpaired) electrons. The van der Waals surface area contributed by atoms with Gasteiger partial charge in [0.05, 0.1) is 23.6 Å². The molecule has 0 saturated heterocycles. The average Bonchev–Trinajstić information content (AvgIpc) is 3.34. The van der Waals surface area contributed by atoms with E-state index in [4.69, 9.17) is 10.2 Å². The molecule has 2 amide bonds. The minimum Gasteiger partial charge on any atom is -0.467 e. The third-order valence-corrected chi connectivity index (χ3v) is 6.11. The van der Waals surface area contributed by atoms with Gasteiger partial charge in [0.25, 0.3) is 5.91 Å². The smallest absolute Gasteiger partial charge is 0.251 e. The zero-order valence-corrected chi connectivity index (χ0v) is 16.0. The predicted octanol–water partition coefficient (Wildman–Crippen LogP) is 3.02. The minimum absolute atomic E-state index is 0.236. The monoisotopic (exact) mass is 409 g/mol. The number of nitrogens with two attached hydrogens (primary N) is 1. The maximum atomic E-state index is 12.3. The standard InChI is InChI=1S/C15H15N5O3S3/c1-8(12(22)18-13-10(11(16)21)4-6-24-13)25-15-20-19-14(26-15)17-7-9-3-2-5-23-9/h2-6,8H,7H2,1H3,(H2,16,21)(H,17,19)(H,18,22). The summed E-state index contributed by atoms with van der Waals surface area (Å²) in [5.41, 5.74) is 5.59. The number of nitrogens with one attached hydrogen (secondary N) is 2. The highest BCUT2D eigenvalue weighted by Gasteiger charge is 2.20. The number of anilines is 2. The molecule has 0 saturated carbocycles. The van der Waals surface area contributed by atoms with Crippen molar-refractivity contribution in [1.82, 2.24) is 10.2 Å². The van der Waals surface area contributed by atoms with Crippen LogP contribution in [-0.2, 0) is 11.3 Å². The number of carbonyl (C=O) groups excluding carboxylic acids is 2. The Balaban J connectivity index is 1.54. The molecule has 3 aromatic rings. The van der Waals surface area contributed by atoms with E-state index < -0.39 is 11.2 Å². The van der Waals surface area contributed by atoms with Crippen molar-refractivity contribution in [3.8, 4) is 0 Å². The molecule has 8 nitrogen and oxygen atoms in total. The molecule has 1 unspecified atom stereocenters. The summed E-state index contributed by atoms with van der Waals surface area (Å²) in [5.74, 6) is -0.0122. The molecule has 11 heteroatoms. The second-order valence-electron chi connectivity index (χ2n) is 5.08. The van der Waals surface area contributed by atoms with Crippen LogP contribution < -0.4 is 16.4 Å². The van der Waals surface area contributed by atoms with Crippen LogP contribution in [0.5, 0.6) is 0 Å². The summed E-state index contributed by atoms with van der Waals surface area (Å²) >= 11 is 3.90. The highest BCUT2D eigenvalue weighted by molar-refractivity contribution is 8.02. The van der Waals surface area contributed by atoms with Crippen LogP contribution in [0.15, 0.2) is 38.6 Å². The molecule has 136 valence electrons. The van der Waals surface area contributed by atoms with Gasteiger partial charge in [0.15, 0.2) is 4.34 Å². The molecule has 1 atom stereocenters. The van der Waals surface area contributed by atoms with E-state index in [1.54, 1.807) is 24.6 Å². The van der Waals surface area contributed by atoms with Crippen molar-refractivity contribution < 1.29 is 14.0 Å². The first-order valence-corrected chi connectivity index (χ1v) is 10.0. The molecule has 0 fully saturated rings. The number of aromatic nitrogens is 2. The summed E-state index contributed by atoms with van der Waals surface area (Å²) < 4.78 is 5.90. The largest absolute Gasteiger partial charge is 0.467 e. The first kappa shape index (κ1) is 18.4. The summed E-state index contributed by atoms with van der Waals surface area (Å²) in [6.45, 7) is 2.27. The second kappa shape index (κ2) is 8.34. The molecule has 0 aliphatic carbocycles. The highest BCUT2D eigenvalue weighted by Crippen LogP contribution is 2.30. The molecule has 0 aromatic carbocycles. The first-order valence-electron chi connectivity index (χ1n) is 7.47. The number of hydrogen-bond acceptors (Lipinski definition) is 9. The van der Waals surface area contributed by atoms with Crippen molar-refractivity contribution in [2.75, 3.05) is 10.6 Å². The van der Waals surface area contributed by atoms with E-state index in [0.717, 1.165) is 5.76 Å². The minimum atomic E-state index is -0.571. The molecule has 0 spiro atoms. The molecular weight excluding hydrogens is 394 g/mol. The van der Waals surface area contributed by atoms with Gasteiger partial charge < -0.3 is 20.8 Å². The molecule has 0 aliphatic heterocycles. The van der Waals surface area contributed by atoms with Crippen molar-refractivity contribution >= 4 is 56.4 Å². The van der Waals surface area contributed by atoms with Crippen LogP contribution in [0.3, 0.4) is 0 Å². The Morgan fingerprint density at radius 2 is 2.23 bits per heavy atom. The number of primary amides is 1. The lowest BCUT2D eigenvalue weighted by molar-refractivity contribution is -0.115. The maximum Gasteiger partial charge on any atom is 0.251 e. The number of furan rings is 1. The molecule has 3 aromatic heterocycles. The molecule has 0 bridgehead atoms. The normalized spacial score (nSPS) is 11.9. The van der Waals surface area contributed by atoms with E-state index in [-0.39, 0.29) is 5.91 Å². The summed E-state index contributed by atoms with van der Waals surface area (Å²) in [5, 5.41) is 16.3. The van der Waals surface area contributed by atoms with Crippen molar-refractivity contribution in [2.45, 2.75) is 23.1 Å². The van der Waals surface area contributed by atoms with Crippen LogP contribution in [-0.4, -0.2) is 27.3 Å². The third kappa shape index (κ3) is 4.62. The molecule has 3 rings (SSSR count). The van der Waals surface area contributed by atoms with E-state index >= 15 is 0 Å². The fourth-order valence-corrected chi connectivity index (χ4v) is 4.61. The SMILES string of the molecule is CC(Sc1nnc(NCc2ccco2)s1)C(=O)Nc1sccc1C(N)=O. The Labute approximate surface area is 161 Å². The zero-order valence-electron chi connectivity index (χ0n) is 13.6. The number of amides is 2. The third-order valence-electron chi connectivity index (χ3n) is 3.21. The summed E-state index contributed by atoms with van der Waals surface area (Å²) in [6, 6.07) is 5.26. The van der Waals surface area contributed by atoms with E-state index in [2.05, 4.69) is 20.8 Å². The van der Waals surface area contributed by atoms with Crippen molar-refractivity contribution in [2.24, 2.45) is 5.73 Å². The number of thiophene rings is 1. The Bertz CT molecular complexity index is 890. The van der Waals surface area contributed by atoms with Crippen LogP contribution in [0, 0.1) is 0 Å². The van der Waals surface area contributed by atoms with Gasteiger partial charge in [-0.05, 0) is 30.5 Å². The van der Waals surface area contributed by atoms with Gasteiger partial charge in [0, 0.05) is 0 Å². The second-order valence-corrected chi connectivity index (χ2v) is 8.56. The van der Waals surface area contributed by atoms with Gasteiger partial charge in [-0.25, -0.2) is 0 Å². The number of carbonyl (C=O) groups is 2. The summed E-state index contributed by atoms with van der Waals surface area (Å²) in [4.78, 5) is 23.6. The lowest BCUT2D eigenvalue weighted by Gasteiger charge is -2.09. The summed E-state index contributed by atoms with van der Waals surface area (Å²) in [6.07, 6.45) is 1.61. The van der Waals surface area contributed by atoms with Crippen LogP contribution in [0.25, 0.3) is 0 Å². The number of nitrogens with zero attached hydrogens (tertiary/aromatic N) is 2. The lowest BCUT2D eigenvalue weighted by atomic mass is 10.3. The van der Waals surface area contributed by atoms with Crippen LogP contribution >= 0.6 is 34.4 Å². The number of hydrogen-bond donors (Lipinski definition) is 3. The van der Waals surface area contributed by atoms with Gasteiger partial charge in [-0.3, -0.25) is 9.59 Å². The lowest BCUT2D eigenvalue weighted by Crippen LogP contribution is -2.23. The van der Waals surface area contributed by atoms with Gasteiger partial charge in [-0.2, -0.15) is 0 Å². The van der Waals surface area contributed by atoms with Crippen LogP contribution in [0.4, 0.5) is 10.1 Å². The van der Waals surface area contributed by atoms with Crippen LogP contribution in [0.2, 0.25) is 0 Å².